The molecule has 38 heavy (non-hydrogen) atoms. The second kappa shape index (κ2) is 11.7. The Bertz CT molecular complexity index is 1380. The number of benzene rings is 3. The molecule has 0 bridgehead atoms. The second-order valence-corrected chi connectivity index (χ2v) is 9.78. The van der Waals surface area contributed by atoms with Crippen LogP contribution in [0.2, 0.25) is 0 Å². The van der Waals surface area contributed by atoms with E-state index in [-0.39, 0.29) is 12.0 Å². The van der Waals surface area contributed by atoms with Gasteiger partial charge < -0.3 is 13.9 Å². The molecule has 1 aromatic heterocycles. The van der Waals surface area contributed by atoms with Crippen LogP contribution in [0.1, 0.15) is 40.6 Å². The summed E-state index contributed by atoms with van der Waals surface area (Å²) in [6, 6.07) is 24.3. The van der Waals surface area contributed by atoms with Crippen molar-refractivity contribution < 1.29 is 18.7 Å². The third-order valence-electron chi connectivity index (χ3n) is 6.99. The van der Waals surface area contributed by atoms with Crippen molar-refractivity contribution in [3.63, 3.8) is 0 Å². The Morgan fingerprint density at radius 1 is 1.03 bits per heavy atom. The Labute approximate surface area is 224 Å². The average molecular weight is 511 g/mol. The number of fused-ring (bicyclic) bond motifs is 1. The number of hydrogen-bond acceptors (Lipinski definition) is 6. The van der Waals surface area contributed by atoms with Crippen molar-refractivity contribution in [1.29, 1.82) is 0 Å². The normalized spacial score (nSPS) is 15.2. The highest BCUT2D eigenvalue weighted by Crippen LogP contribution is 2.29. The summed E-state index contributed by atoms with van der Waals surface area (Å²) in [5.74, 6) is 2.10. The average Bonchev–Trinajstić information content (AvgIpc) is 3.30. The minimum atomic E-state index is -0.301. The van der Waals surface area contributed by atoms with Gasteiger partial charge in [0.2, 0.25) is 5.89 Å². The van der Waals surface area contributed by atoms with Crippen LogP contribution < -0.4 is 4.74 Å². The highest BCUT2D eigenvalue weighted by Gasteiger charge is 2.32. The van der Waals surface area contributed by atoms with Gasteiger partial charge in [0, 0.05) is 25.1 Å². The molecule has 0 radical (unpaired) electrons. The largest absolute Gasteiger partial charge is 0.493 e. The quantitative estimate of drug-likeness (QED) is 0.255. The Morgan fingerprint density at radius 3 is 2.58 bits per heavy atom. The molecule has 6 nitrogen and oxygen atoms in total. The van der Waals surface area contributed by atoms with Crippen LogP contribution in [0.15, 0.2) is 77.2 Å². The zero-order chi connectivity index (χ0) is 26.5. The first-order valence-corrected chi connectivity index (χ1v) is 13.2. The molecular formula is C32H34N2O4. The van der Waals surface area contributed by atoms with Gasteiger partial charge in [-0.25, -0.2) is 4.98 Å². The molecule has 5 rings (SSSR count). The third kappa shape index (κ3) is 5.97. The van der Waals surface area contributed by atoms with Gasteiger partial charge in [-0.3, -0.25) is 9.69 Å². The summed E-state index contributed by atoms with van der Waals surface area (Å²) in [6.07, 6.45) is 1.28. The number of rotatable bonds is 9. The van der Waals surface area contributed by atoms with Gasteiger partial charge in [0.05, 0.1) is 18.9 Å². The molecule has 0 aliphatic carbocycles. The van der Waals surface area contributed by atoms with E-state index in [0.29, 0.717) is 45.0 Å². The summed E-state index contributed by atoms with van der Waals surface area (Å²) < 4.78 is 17.4. The van der Waals surface area contributed by atoms with Crippen LogP contribution in [0.5, 0.6) is 5.75 Å². The Balaban J connectivity index is 1.26. The molecule has 4 aromatic rings. The van der Waals surface area contributed by atoms with E-state index in [0.717, 1.165) is 28.3 Å². The van der Waals surface area contributed by atoms with E-state index in [1.807, 2.05) is 50.2 Å². The van der Waals surface area contributed by atoms with Crippen LogP contribution in [0.25, 0.3) is 11.5 Å². The molecule has 2 heterocycles. The lowest BCUT2D eigenvalue weighted by molar-refractivity contribution is -0.150. The summed E-state index contributed by atoms with van der Waals surface area (Å²) >= 11 is 0. The van der Waals surface area contributed by atoms with Gasteiger partial charge in [0.1, 0.15) is 17.6 Å². The van der Waals surface area contributed by atoms with Crippen molar-refractivity contribution in [1.82, 2.24) is 9.88 Å². The number of ether oxygens (including phenoxy) is 2. The Hall–Kier alpha value is -3.90. The number of carbonyl (C=O) groups is 1. The van der Waals surface area contributed by atoms with Crippen molar-refractivity contribution in [2.75, 3.05) is 13.2 Å². The highest BCUT2D eigenvalue weighted by molar-refractivity contribution is 5.76. The fourth-order valence-corrected chi connectivity index (χ4v) is 4.90. The highest BCUT2D eigenvalue weighted by atomic mass is 16.5. The monoisotopic (exact) mass is 510 g/mol. The molecule has 0 unspecified atom stereocenters. The Kier molecular flexibility index (Phi) is 7.89. The molecule has 1 atom stereocenters. The maximum atomic E-state index is 12.8. The molecule has 1 aliphatic heterocycles. The molecule has 3 aromatic carbocycles. The van der Waals surface area contributed by atoms with Gasteiger partial charge >= 0.3 is 5.97 Å². The lowest BCUT2D eigenvalue weighted by Crippen LogP contribution is -2.45. The van der Waals surface area contributed by atoms with Crippen molar-refractivity contribution in [2.24, 2.45) is 0 Å². The molecule has 0 fully saturated rings. The van der Waals surface area contributed by atoms with Gasteiger partial charge in [0.25, 0.3) is 0 Å². The molecule has 0 saturated carbocycles. The SMILES string of the molecule is CCOC(=O)[C@@H]1Cc2ccc(OCCc3nc(-c4ccccc4)oc3C)cc2CN1Cc1ccc(C)cc1. The van der Waals surface area contributed by atoms with Crippen molar-refractivity contribution in [3.05, 3.63) is 107 Å². The van der Waals surface area contributed by atoms with Crippen LogP contribution in [0.3, 0.4) is 0 Å². The minimum Gasteiger partial charge on any atom is -0.493 e. The fraction of sp³-hybridized carbons (Fsp3) is 0.312. The molecule has 1 aliphatic rings. The number of nitrogens with zero attached hydrogens (tertiary/aromatic N) is 2. The van der Waals surface area contributed by atoms with Crippen molar-refractivity contribution in [2.45, 2.75) is 52.7 Å². The van der Waals surface area contributed by atoms with Crippen LogP contribution in [-0.2, 0) is 35.5 Å². The number of aryl methyl sites for hydroxylation is 2. The molecule has 6 heteroatoms. The summed E-state index contributed by atoms with van der Waals surface area (Å²) in [6.45, 7) is 8.10. The number of aromatic nitrogens is 1. The molecule has 0 amide bonds. The van der Waals surface area contributed by atoms with Gasteiger partial charge in [0.15, 0.2) is 0 Å². The van der Waals surface area contributed by atoms with Crippen LogP contribution in [0, 0.1) is 13.8 Å². The third-order valence-corrected chi connectivity index (χ3v) is 6.99. The number of esters is 1. The molecule has 0 spiro atoms. The fourth-order valence-electron chi connectivity index (χ4n) is 4.90. The van der Waals surface area contributed by atoms with E-state index in [2.05, 4.69) is 53.2 Å². The van der Waals surface area contributed by atoms with E-state index in [4.69, 9.17) is 13.9 Å². The van der Waals surface area contributed by atoms with E-state index >= 15 is 0 Å². The molecular weight excluding hydrogens is 476 g/mol. The van der Waals surface area contributed by atoms with Gasteiger partial charge in [-0.2, -0.15) is 0 Å². The summed E-state index contributed by atoms with van der Waals surface area (Å²) in [5.41, 5.74) is 6.61. The smallest absolute Gasteiger partial charge is 0.323 e. The maximum absolute atomic E-state index is 12.8. The number of hydrogen-bond donors (Lipinski definition) is 0. The molecule has 0 N–H and O–H groups in total. The summed E-state index contributed by atoms with van der Waals surface area (Å²) in [4.78, 5) is 19.7. The van der Waals surface area contributed by atoms with Gasteiger partial charge in [-0.15, -0.1) is 0 Å². The number of carbonyl (C=O) groups excluding carboxylic acids is 1. The van der Waals surface area contributed by atoms with Gasteiger partial charge in [-0.1, -0.05) is 54.1 Å². The molecule has 196 valence electrons. The van der Waals surface area contributed by atoms with Crippen molar-refractivity contribution >= 4 is 5.97 Å². The Morgan fingerprint density at radius 2 is 1.82 bits per heavy atom. The lowest BCUT2D eigenvalue weighted by Gasteiger charge is -2.35. The predicted molar refractivity (Wildman–Crippen MR) is 147 cm³/mol. The first-order chi connectivity index (χ1) is 18.5. The first kappa shape index (κ1) is 25.7. The zero-order valence-electron chi connectivity index (χ0n) is 22.3. The lowest BCUT2D eigenvalue weighted by atomic mass is 9.93. The van der Waals surface area contributed by atoms with E-state index in [9.17, 15) is 4.79 Å². The van der Waals surface area contributed by atoms with Crippen LogP contribution >= 0.6 is 0 Å². The number of oxazole rings is 1. The van der Waals surface area contributed by atoms with Crippen molar-refractivity contribution in [3.8, 4) is 17.2 Å². The molecule has 0 saturated heterocycles. The second-order valence-electron chi connectivity index (χ2n) is 9.78. The zero-order valence-corrected chi connectivity index (χ0v) is 22.3. The topological polar surface area (TPSA) is 64.8 Å². The van der Waals surface area contributed by atoms with E-state index in [1.54, 1.807) is 0 Å². The minimum absolute atomic E-state index is 0.163. The van der Waals surface area contributed by atoms with Crippen LogP contribution in [0.4, 0.5) is 0 Å². The predicted octanol–water partition coefficient (Wildman–Crippen LogP) is 6.07. The van der Waals surface area contributed by atoms with Gasteiger partial charge in [-0.05, 0) is 68.1 Å². The summed E-state index contributed by atoms with van der Waals surface area (Å²) in [5, 5.41) is 0. The van der Waals surface area contributed by atoms with Crippen LogP contribution in [-0.4, -0.2) is 35.1 Å². The summed E-state index contributed by atoms with van der Waals surface area (Å²) in [7, 11) is 0. The van der Waals surface area contributed by atoms with E-state index < -0.39 is 0 Å². The van der Waals surface area contributed by atoms with E-state index in [1.165, 1.54) is 16.7 Å². The first-order valence-electron chi connectivity index (χ1n) is 13.2. The standard InChI is InChI=1S/C32H34N2O4/c1-4-36-32(35)30-19-26-14-15-28(18-27(26)21-34(30)20-24-12-10-22(2)11-13-24)37-17-16-29-23(3)38-31(33-29)25-8-6-5-7-9-25/h5-15,18,30H,4,16-17,19-21H2,1-3H3/t30-/m0/s1. The maximum Gasteiger partial charge on any atom is 0.323 e.